The van der Waals surface area contributed by atoms with E-state index in [1.165, 1.54) is 31.2 Å². The number of anilines is 1. The fourth-order valence-electron chi connectivity index (χ4n) is 3.69. The van der Waals surface area contributed by atoms with Crippen molar-refractivity contribution >= 4 is 61.1 Å². The first kappa shape index (κ1) is 24.2. The van der Waals surface area contributed by atoms with Gasteiger partial charge in [-0.25, -0.2) is 12.8 Å². The van der Waals surface area contributed by atoms with Crippen LogP contribution in [0.25, 0.3) is 10.9 Å². The third-order valence-corrected chi connectivity index (χ3v) is 9.40. The zero-order chi connectivity index (χ0) is 24.6. The van der Waals surface area contributed by atoms with E-state index in [0.29, 0.717) is 16.0 Å². The molecule has 0 aliphatic carbocycles. The van der Waals surface area contributed by atoms with Gasteiger partial charge in [0.05, 0.1) is 23.8 Å². The van der Waals surface area contributed by atoms with E-state index in [4.69, 9.17) is 11.6 Å². The zero-order valence-corrected chi connectivity index (χ0v) is 20.5. The second-order valence-electron chi connectivity index (χ2n) is 7.69. The Balaban J connectivity index is 1.81. The van der Waals surface area contributed by atoms with E-state index in [0.717, 1.165) is 16.1 Å². The van der Waals surface area contributed by atoms with E-state index in [-0.39, 0.29) is 28.8 Å². The molecule has 1 amide bonds. The van der Waals surface area contributed by atoms with Crippen molar-refractivity contribution in [3.05, 3.63) is 75.3 Å². The Morgan fingerprint density at radius 1 is 1.26 bits per heavy atom. The van der Waals surface area contributed by atoms with Crippen LogP contribution >= 0.6 is 23.4 Å². The van der Waals surface area contributed by atoms with Gasteiger partial charge < -0.3 is 10.3 Å². The number of fused-ring (bicyclic) bond motifs is 1. The first-order valence-corrected chi connectivity index (χ1v) is 12.9. The molecule has 1 aliphatic heterocycles. The van der Waals surface area contributed by atoms with Gasteiger partial charge in [-0.3, -0.25) is 18.9 Å². The molecule has 2 N–H and O–H groups in total. The van der Waals surface area contributed by atoms with Gasteiger partial charge in [0.1, 0.15) is 5.82 Å². The number of nitrogens with zero attached hydrogens (tertiary/aromatic N) is 2. The lowest BCUT2D eigenvalue weighted by atomic mass is 10.1. The van der Waals surface area contributed by atoms with Gasteiger partial charge in [-0.2, -0.15) is 0 Å². The average molecular weight is 523 g/mol. The number of hydrogen-bond donors (Lipinski definition) is 2. The Labute approximate surface area is 204 Å². The number of rotatable bonds is 5. The molecule has 1 aromatic heterocycles. The highest BCUT2D eigenvalue weighted by Crippen LogP contribution is 2.36. The topological polar surface area (TPSA) is 112 Å². The maximum absolute atomic E-state index is 14.4. The lowest BCUT2D eigenvalue weighted by Gasteiger charge is -2.29. The molecule has 0 fully saturated rings. The Bertz CT molecular complexity index is 1480. The number of sulfonamides is 1. The highest BCUT2D eigenvalue weighted by Gasteiger charge is 2.42. The molecule has 0 saturated heterocycles. The molecule has 12 heteroatoms. The van der Waals surface area contributed by atoms with Gasteiger partial charge in [0.15, 0.2) is 9.75 Å². The Hall–Kier alpha value is -2.89. The van der Waals surface area contributed by atoms with Crippen LogP contribution in [0.15, 0.2) is 58.3 Å². The molecule has 0 bridgehead atoms. The molecule has 2 aromatic carbocycles. The number of amidine groups is 1. The van der Waals surface area contributed by atoms with Crippen LogP contribution < -0.4 is 15.2 Å². The molecule has 0 radical (unpaired) electrons. The van der Waals surface area contributed by atoms with Crippen molar-refractivity contribution in [1.29, 1.82) is 0 Å². The quantitative estimate of drug-likeness (QED) is 0.531. The van der Waals surface area contributed by atoms with Crippen LogP contribution in [0.2, 0.25) is 5.02 Å². The van der Waals surface area contributed by atoms with Gasteiger partial charge in [0.25, 0.3) is 0 Å². The van der Waals surface area contributed by atoms with Crippen molar-refractivity contribution in [3.8, 4) is 0 Å². The number of nitrogens with one attached hydrogen (secondary N) is 2. The number of aliphatic imine (C=N–C) groups is 1. The van der Waals surface area contributed by atoms with Crippen molar-refractivity contribution in [2.75, 3.05) is 4.31 Å². The number of H-pyrrole nitrogens is 1. The van der Waals surface area contributed by atoms with Crippen LogP contribution in [-0.2, 0) is 21.4 Å². The number of para-hydroxylation sites is 1. The van der Waals surface area contributed by atoms with Crippen molar-refractivity contribution in [2.45, 2.75) is 31.0 Å². The number of halogens is 2. The number of aromatic amines is 1. The monoisotopic (exact) mass is 522 g/mol. The normalized spacial score (nSPS) is 18.1. The molecule has 8 nitrogen and oxygen atoms in total. The highest BCUT2D eigenvalue weighted by atomic mass is 35.5. The molecular formula is C22H20ClFN4O4S2. The smallest absolute Gasteiger partial charge is 0.250 e. The molecule has 3 aromatic rings. The SMILES string of the molecule is CC(=O)NC1=NC(C)C(S(=O)(=O)N(Cc2cc(=O)[nH]c3c(F)cccc23)c2cccc(Cl)c2)S1. The molecule has 34 heavy (non-hydrogen) atoms. The predicted molar refractivity (Wildman–Crippen MR) is 133 cm³/mol. The summed E-state index contributed by atoms with van der Waals surface area (Å²) in [6.45, 7) is 2.70. The van der Waals surface area contributed by atoms with Gasteiger partial charge in [-0.05, 0) is 36.8 Å². The number of carbonyl (C=O) groups is 1. The standard InChI is InChI=1S/C22H20ClFN4O4S2/c1-12-21(33-22(25-12)26-13(2)29)34(31,32)28(16-6-3-5-15(23)10-16)11-14-9-19(30)27-20-17(14)7-4-8-18(20)24/h3-10,12,21H,11H2,1-2H3,(H,27,30)(H,25,26,29). The highest BCUT2D eigenvalue weighted by molar-refractivity contribution is 8.23. The van der Waals surface area contributed by atoms with E-state index in [1.807, 2.05) is 0 Å². The summed E-state index contributed by atoms with van der Waals surface area (Å²) >= 11 is 7.08. The molecule has 0 spiro atoms. The average Bonchev–Trinajstić information content (AvgIpc) is 3.12. The fourth-order valence-corrected chi connectivity index (χ4v) is 7.39. The number of amides is 1. The van der Waals surface area contributed by atoms with Crippen LogP contribution in [-0.4, -0.2) is 35.1 Å². The molecule has 4 rings (SSSR count). The molecule has 2 unspecified atom stereocenters. The zero-order valence-electron chi connectivity index (χ0n) is 18.1. The summed E-state index contributed by atoms with van der Waals surface area (Å²) in [5, 5.41) is 3.44. The van der Waals surface area contributed by atoms with E-state index >= 15 is 0 Å². The van der Waals surface area contributed by atoms with E-state index in [2.05, 4.69) is 15.3 Å². The minimum atomic E-state index is -4.11. The number of thioether (sulfide) groups is 1. The van der Waals surface area contributed by atoms with Gasteiger partial charge >= 0.3 is 0 Å². The van der Waals surface area contributed by atoms with Crippen LogP contribution in [0, 0.1) is 5.82 Å². The number of hydrogen-bond acceptors (Lipinski definition) is 6. The third kappa shape index (κ3) is 4.82. The second-order valence-corrected chi connectivity index (χ2v) is 11.5. The minimum absolute atomic E-state index is 0.00618. The van der Waals surface area contributed by atoms with Crippen LogP contribution in [0.5, 0.6) is 0 Å². The van der Waals surface area contributed by atoms with Crippen molar-refractivity contribution in [2.24, 2.45) is 4.99 Å². The lowest BCUT2D eigenvalue weighted by Crippen LogP contribution is -2.40. The maximum Gasteiger partial charge on any atom is 0.250 e. The summed E-state index contributed by atoms with van der Waals surface area (Å²) in [4.78, 5) is 30.4. The van der Waals surface area contributed by atoms with Gasteiger partial charge in [-0.1, -0.05) is 41.6 Å². The second kappa shape index (κ2) is 9.40. The third-order valence-electron chi connectivity index (χ3n) is 5.15. The van der Waals surface area contributed by atoms with Crippen LogP contribution in [0.1, 0.15) is 19.4 Å². The molecule has 2 heterocycles. The largest absolute Gasteiger partial charge is 0.319 e. The van der Waals surface area contributed by atoms with Crippen molar-refractivity contribution in [3.63, 3.8) is 0 Å². The van der Waals surface area contributed by atoms with Gasteiger partial charge in [0.2, 0.25) is 21.5 Å². The van der Waals surface area contributed by atoms with Gasteiger partial charge in [0, 0.05) is 23.4 Å². The van der Waals surface area contributed by atoms with Gasteiger partial charge in [-0.15, -0.1) is 0 Å². The fraction of sp³-hybridized carbons (Fsp3) is 0.227. The number of benzene rings is 2. The molecule has 2 atom stereocenters. The number of carbonyl (C=O) groups excluding carboxylic acids is 1. The maximum atomic E-state index is 14.4. The first-order valence-electron chi connectivity index (χ1n) is 10.2. The summed E-state index contributed by atoms with van der Waals surface area (Å²) < 4.78 is 42.2. The Morgan fingerprint density at radius 3 is 2.71 bits per heavy atom. The Morgan fingerprint density at radius 2 is 2.00 bits per heavy atom. The Kier molecular flexibility index (Phi) is 6.70. The summed E-state index contributed by atoms with van der Waals surface area (Å²) in [7, 11) is -4.11. The summed E-state index contributed by atoms with van der Waals surface area (Å²) in [6, 6.07) is 11.2. The summed E-state index contributed by atoms with van der Waals surface area (Å²) in [5.74, 6) is -0.984. The van der Waals surface area contributed by atoms with Crippen molar-refractivity contribution in [1.82, 2.24) is 10.3 Å². The molecule has 1 aliphatic rings. The minimum Gasteiger partial charge on any atom is -0.319 e. The van der Waals surface area contributed by atoms with E-state index in [9.17, 15) is 22.4 Å². The van der Waals surface area contributed by atoms with E-state index < -0.39 is 32.0 Å². The first-order chi connectivity index (χ1) is 16.1. The van der Waals surface area contributed by atoms with Crippen LogP contribution in [0.3, 0.4) is 0 Å². The molecule has 178 valence electrons. The summed E-state index contributed by atoms with van der Waals surface area (Å²) in [6.07, 6.45) is 0. The lowest BCUT2D eigenvalue weighted by molar-refractivity contribution is -0.117. The predicted octanol–water partition coefficient (Wildman–Crippen LogP) is 3.61. The molecular weight excluding hydrogens is 503 g/mol. The van der Waals surface area contributed by atoms with Crippen molar-refractivity contribution < 1.29 is 17.6 Å². The van der Waals surface area contributed by atoms with E-state index in [1.54, 1.807) is 31.2 Å². The summed E-state index contributed by atoms with van der Waals surface area (Å²) in [5.41, 5.74) is 0.0304. The molecule has 0 saturated carbocycles. The number of pyridine rings is 1. The number of aromatic nitrogens is 1. The van der Waals surface area contributed by atoms with Crippen LogP contribution in [0.4, 0.5) is 10.1 Å².